The Balaban J connectivity index is 1.74. The molecule has 4 fully saturated rings. The molecule has 0 radical (unpaired) electrons. The molecule has 0 aromatic carbocycles. The molecule has 3 nitrogen and oxygen atoms in total. The van der Waals surface area contributed by atoms with Crippen LogP contribution < -0.4 is 0 Å². The Morgan fingerprint density at radius 3 is 2.29 bits per heavy atom. The topological polar surface area (TPSA) is 60.7 Å². The number of alkyl halides is 1. The highest BCUT2D eigenvalue weighted by molar-refractivity contribution is 9.10. The molecule has 24 heavy (non-hydrogen) atoms. The first-order valence-corrected chi connectivity index (χ1v) is 10.7. The van der Waals surface area contributed by atoms with Crippen LogP contribution in [0.15, 0.2) is 0 Å². The van der Waals surface area contributed by atoms with Gasteiger partial charge in [0.05, 0.1) is 22.6 Å². The number of aliphatic hydroxyl groups is 3. The SMILES string of the molecule is C[C@@H]1[C@@H](O)CC[C@]2(C)[C@H]3CC[C@]4(C)[C@@H](O)CC[C@H]4[C@@H]3C[C@@H](O)[C@@]12Br. The van der Waals surface area contributed by atoms with E-state index in [0.717, 1.165) is 44.9 Å². The molecule has 4 rings (SSSR count). The number of fused-ring (bicyclic) bond motifs is 5. The Bertz CT molecular complexity index is 527. The van der Waals surface area contributed by atoms with Crippen LogP contribution in [-0.4, -0.2) is 38.0 Å². The van der Waals surface area contributed by atoms with Crippen molar-refractivity contribution in [3.63, 3.8) is 0 Å². The summed E-state index contributed by atoms with van der Waals surface area (Å²) < 4.78 is -0.385. The summed E-state index contributed by atoms with van der Waals surface area (Å²) in [5.74, 6) is 1.69. The molecule has 0 unspecified atom stereocenters. The second kappa shape index (κ2) is 5.43. The van der Waals surface area contributed by atoms with E-state index in [4.69, 9.17) is 0 Å². The highest BCUT2D eigenvalue weighted by Crippen LogP contribution is 2.70. The predicted molar refractivity (Wildman–Crippen MR) is 97.8 cm³/mol. The summed E-state index contributed by atoms with van der Waals surface area (Å²) in [6.45, 7) is 6.74. The first kappa shape index (κ1) is 17.8. The molecule has 0 bridgehead atoms. The fourth-order valence-electron chi connectivity index (χ4n) is 7.65. The Morgan fingerprint density at radius 2 is 1.58 bits per heavy atom. The van der Waals surface area contributed by atoms with Crippen molar-refractivity contribution in [3.8, 4) is 0 Å². The molecule has 0 amide bonds. The van der Waals surface area contributed by atoms with Gasteiger partial charge in [-0.1, -0.05) is 36.7 Å². The molecule has 0 spiro atoms. The molecule has 4 aliphatic carbocycles. The van der Waals surface area contributed by atoms with Gasteiger partial charge in [-0.25, -0.2) is 0 Å². The van der Waals surface area contributed by atoms with Gasteiger partial charge in [0.1, 0.15) is 0 Å². The van der Waals surface area contributed by atoms with Crippen LogP contribution in [0, 0.1) is 34.5 Å². The molecule has 4 aliphatic rings. The van der Waals surface area contributed by atoms with Gasteiger partial charge in [0.2, 0.25) is 0 Å². The molecular formula is C20H33BrO3. The molecule has 0 heterocycles. The van der Waals surface area contributed by atoms with E-state index < -0.39 is 6.10 Å². The molecule has 0 aromatic rings. The van der Waals surface area contributed by atoms with E-state index in [-0.39, 0.29) is 33.3 Å². The third kappa shape index (κ3) is 1.95. The minimum atomic E-state index is -0.422. The number of rotatable bonds is 0. The number of aliphatic hydroxyl groups excluding tert-OH is 3. The highest BCUT2D eigenvalue weighted by Gasteiger charge is 2.68. The summed E-state index contributed by atoms with van der Waals surface area (Å²) in [6.07, 6.45) is 5.99. The van der Waals surface area contributed by atoms with Crippen LogP contribution in [0.3, 0.4) is 0 Å². The fourth-order valence-corrected chi connectivity index (χ4v) is 8.64. The zero-order chi connectivity index (χ0) is 17.5. The van der Waals surface area contributed by atoms with E-state index in [1.165, 1.54) is 0 Å². The third-order valence-electron chi connectivity index (χ3n) is 9.26. The molecule has 4 saturated carbocycles. The highest BCUT2D eigenvalue weighted by atomic mass is 79.9. The Kier molecular flexibility index (Phi) is 4.02. The molecule has 138 valence electrons. The van der Waals surface area contributed by atoms with Crippen LogP contribution in [0.4, 0.5) is 0 Å². The molecule has 0 aromatic heterocycles. The maximum Gasteiger partial charge on any atom is 0.0705 e. The summed E-state index contributed by atoms with van der Waals surface area (Å²) in [6, 6.07) is 0. The minimum absolute atomic E-state index is 0.0167. The van der Waals surface area contributed by atoms with Crippen molar-refractivity contribution >= 4 is 15.9 Å². The van der Waals surface area contributed by atoms with Gasteiger partial charge in [0, 0.05) is 5.92 Å². The monoisotopic (exact) mass is 400 g/mol. The van der Waals surface area contributed by atoms with E-state index in [0.29, 0.717) is 17.8 Å². The third-order valence-corrected chi connectivity index (χ3v) is 11.4. The fraction of sp³-hybridized carbons (Fsp3) is 1.00. The van der Waals surface area contributed by atoms with Crippen LogP contribution >= 0.6 is 15.9 Å². The second-order valence-electron chi connectivity index (χ2n) is 9.85. The average Bonchev–Trinajstić information content (AvgIpc) is 2.84. The van der Waals surface area contributed by atoms with E-state index >= 15 is 0 Å². The van der Waals surface area contributed by atoms with E-state index in [9.17, 15) is 15.3 Å². The summed E-state index contributed by atoms with van der Waals surface area (Å²) in [5.41, 5.74) is 0.0617. The van der Waals surface area contributed by atoms with Gasteiger partial charge in [0.25, 0.3) is 0 Å². The van der Waals surface area contributed by atoms with Gasteiger partial charge in [-0.05, 0) is 73.5 Å². The van der Waals surface area contributed by atoms with Crippen molar-refractivity contribution in [2.24, 2.45) is 34.5 Å². The van der Waals surface area contributed by atoms with Crippen LogP contribution in [0.1, 0.15) is 65.7 Å². The van der Waals surface area contributed by atoms with Crippen LogP contribution in [-0.2, 0) is 0 Å². The number of halogens is 1. The van der Waals surface area contributed by atoms with Gasteiger partial charge in [-0.3, -0.25) is 0 Å². The predicted octanol–water partition coefficient (Wildman–Crippen LogP) is 3.49. The van der Waals surface area contributed by atoms with Gasteiger partial charge >= 0.3 is 0 Å². The molecular weight excluding hydrogens is 368 g/mol. The first-order valence-electron chi connectivity index (χ1n) is 9.89. The first-order chi connectivity index (χ1) is 11.2. The summed E-state index contributed by atoms with van der Waals surface area (Å²) >= 11 is 4.00. The normalized spacial score (nSPS) is 63.4. The molecule has 4 heteroatoms. The van der Waals surface area contributed by atoms with E-state index in [1.54, 1.807) is 0 Å². The largest absolute Gasteiger partial charge is 0.393 e. The summed E-state index contributed by atoms with van der Waals surface area (Å²) in [5, 5.41) is 32.2. The smallest absolute Gasteiger partial charge is 0.0705 e. The van der Waals surface area contributed by atoms with E-state index in [2.05, 4.69) is 36.7 Å². The lowest BCUT2D eigenvalue weighted by Gasteiger charge is -2.67. The van der Waals surface area contributed by atoms with Gasteiger partial charge in [0.15, 0.2) is 0 Å². The Hall–Kier alpha value is 0.360. The number of hydrogen-bond donors (Lipinski definition) is 3. The molecule has 0 aliphatic heterocycles. The molecule has 3 N–H and O–H groups in total. The maximum absolute atomic E-state index is 11.2. The van der Waals surface area contributed by atoms with Crippen molar-refractivity contribution in [3.05, 3.63) is 0 Å². The number of hydrogen-bond acceptors (Lipinski definition) is 3. The zero-order valence-corrected chi connectivity index (χ0v) is 16.8. The van der Waals surface area contributed by atoms with Gasteiger partial charge < -0.3 is 15.3 Å². The van der Waals surface area contributed by atoms with Crippen molar-refractivity contribution in [1.82, 2.24) is 0 Å². The van der Waals surface area contributed by atoms with Crippen molar-refractivity contribution < 1.29 is 15.3 Å². The van der Waals surface area contributed by atoms with Gasteiger partial charge in [-0.15, -0.1) is 0 Å². The molecule has 10 atom stereocenters. The lowest BCUT2D eigenvalue weighted by atomic mass is 9.43. The van der Waals surface area contributed by atoms with Crippen molar-refractivity contribution in [1.29, 1.82) is 0 Å². The second-order valence-corrected chi connectivity index (χ2v) is 11.2. The van der Waals surface area contributed by atoms with Crippen LogP contribution in [0.25, 0.3) is 0 Å². The zero-order valence-electron chi connectivity index (χ0n) is 15.2. The lowest BCUT2D eigenvalue weighted by molar-refractivity contribution is -0.173. The van der Waals surface area contributed by atoms with Crippen LogP contribution in [0.2, 0.25) is 0 Å². The minimum Gasteiger partial charge on any atom is -0.393 e. The Morgan fingerprint density at radius 1 is 0.875 bits per heavy atom. The lowest BCUT2D eigenvalue weighted by Crippen LogP contribution is -2.69. The van der Waals surface area contributed by atoms with Crippen molar-refractivity contribution in [2.75, 3.05) is 0 Å². The van der Waals surface area contributed by atoms with Crippen molar-refractivity contribution in [2.45, 2.75) is 88.4 Å². The standard InChI is InChI=1S/C20H33BrO3/c1-11-15(22)7-9-19(3)14-6-8-18(2)13(4-5-16(18)23)12(14)10-17(24)20(11,19)21/h11-17,22-24H,4-10H2,1-3H3/t11-,12+,13+,14+,15+,16+,17-,18+,19-,20+/m1/s1. The molecule has 0 saturated heterocycles. The quantitative estimate of drug-likeness (QED) is 0.545. The van der Waals surface area contributed by atoms with E-state index in [1.807, 2.05) is 0 Å². The summed E-state index contributed by atoms with van der Waals surface area (Å²) in [7, 11) is 0. The maximum atomic E-state index is 11.2. The van der Waals surface area contributed by atoms with Crippen LogP contribution in [0.5, 0.6) is 0 Å². The van der Waals surface area contributed by atoms with Gasteiger partial charge in [-0.2, -0.15) is 0 Å². The summed E-state index contributed by atoms with van der Waals surface area (Å²) in [4.78, 5) is 0. The average molecular weight is 401 g/mol. The Labute approximate surface area is 154 Å².